The summed E-state index contributed by atoms with van der Waals surface area (Å²) in [6.45, 7) is 2.83. The minimum atomic E-state index is -3.52. The average molecular weight is 344 g/mol. The molecule has 1 fully saturated rings. The Morgan fingerprint density at radius 1 is 1.25 bits per heavy atom. The van der Waals surface area contributed by atoms with Crippen molar-refractivity contribution in [2.75, 3.05) is 25.0 Å². The number of hydrogen-bond donors (Lipinski definition) is 2. The molecule has 2 N–H and O–H groups in total. The summed E-state index contributed by atoms with van der Waals surface area (Å²) >= 11 is 0. The van der Waals surface area contributed by atoms with Crippen molar-refractivity contribution in [2.24, 2.45) is 0 Å². The summed E-state index contributed by atoms with van der Waals surface area (Å²) in [7, 11) is -3.52. The first-order valence-electron chi connectivity index (χ1n) is 8.06. The van der Waals surface area contributed by atoms with Crippen molar-refractivity contribution in [1.82, 2.24) is 14.6 Å². The second kappa shape index (κ2) is 5.93. The van der Waals surface area contributed by atoms with Crippen LogP contribution in [-0.2, 0) is 21.2 Å². The monoisotopic (exact) mass is 344 g/mol. The number of para-hydroxylation sites is 1. The number of nitrogens with zero attached hydrogens (tertiary/aromatic N) is 2. The van der Waals surface area contributed by atoms with E-state index in [-0.39, 0.29) is 0 Å². The van der Waals surface area contributed by atoms with Crippen LogP contribution >= 0.6 is 0 Å². The third-order valence-corrected chi connectivity index (χ3v) is 6.33. The van der Waals surface area contributed by atoms with Crippen LogP contribution in [0.3, 0.4) is 0 Å². The van der Waals surface area contributed by atoms with Gasteiger partial charge in [0.25, 0.3) is 0 Å². The molecule has 1 saturated heterocycles. The number of anilines is 1. The van der Waals surface area contributed by atoms with E-state index in [1.165, 1.54) is 0 Å². The first kappa shape index (κ1) is 15.7. The highest BCUT2D eigenvalue weighted by Crippen LogP contribution is 2.33. The highest BCUT2D eigenvalue weighted by Gasteiger charge is 2.46. The Morgan fingerprint density at radius 2 is 2.08 bits per heavy atom. The van der Waals surface area contributed by atoms with E-state index in [1.807, 2.05) is 30.3 Å². The molecular formula is C17H20N4O2S. The number of rotatable bonds is 2. The summed E-state index contributed by atoms with van der Waals surface area (Å²) in [5.74, 6) is 0. The highest BCUT2D eigenvalue weighted by atomic mass is 32.3. The maximum atomic E-state index is 12.7. The minimum absolute atomic E-state index is 0.324. The quantitative estimate of drug-likeness (QED) is 0.810. The van der Waals surface area contributed by atoms with Gasteiger partial charge in [-0.1, -0.05) is 22.4 Å². The Kier molecular flexibility index (Phi) is 3.88. The molecule has 0 amide bonds. The lowest BCUT2D eigenvalue weighted by atomic mass is 10.0. The number of sulfonamides is 1. The third kappa shape index (κ3) is 2.95. The van der Waals surface area contributed by atoms with Crippen molar-refractivity contribution in [3.8, 4) is 0 Å². The Bertz CT molecular complexity index is 785. The van der Waals surface area contributed by atoms with Crippen molar-refractivity contribution in [3.63, 3.8) is 0 Å². The van der Waals surface area contributed by atoms with Gasteiger partial charge in [-0.05, 0) is 30.7 Å². The number of pyridine rings is 1. The summed E-state index contributed by atoms with van der Waals surface area (Å²) < 4.78 is 28.4. The van der Waals surface area contributed by atoms with Gasteiger partial charge in [-0.2, -0.15) is 0 Å². The van der Waals surface area contributed by atoms with Crippen LogP contribution < -0.4 is 10.0 Å². The van der Waals surface area contributed by atoms with E-state index in [1.54, 1.807) is 18.3 Å². The van der Waals surface area contributed by atoms with E-state index in [4.69, 9.17) is 0 Å². The fraction of sp³-hybridized carbons (Fsp3) is 0.353. The first-order valence-corrected chi connectivity index (χ1v) is 9.54. The molecular weight excluding hydrogens is 324 g/mol. The highest BCUT2D eigenvalue weighted by molar-refractivity contribution is 7.96. The molecule has 4 rings (SSSR count). The summed E-state index contributed by atoms with van der Waals surface area (Å²) in [5, 5.41) is 3.31. The molecule has 2 unspecified atom stereocenters. The van der Waals surface area contributed by atoms with Gasteiger partial charge in [0, 0.05) is 32.4 Å². The average Bonchev–Trinajstić information content (AvgIpc) is 2.91. The lowest BCUT2D eigenvalue weighted by Crippen LogP contribution is -2.55. The van der Waals surface area contributed by atoms with Crippen LogP contribution in [0.4, 0.5) is 5.69 Å². The SMILES string of the molecule is O=[S+]1([O-])NC2(CCN(Cc3ccccn3)C2)CNc2ccccc21. The zero-order valence-corrected chi connectivity index (χ0v) is 14.1. The van der Waals surface area contributed by atoms with Crippen LogP contribution in [0.2, 0.25) is 0 Å². The van der Waals surface area contributed by atoms with Gasteiger partial charge < -0.3 is 9.87 Å². The Balaban J connectivity index is 1.54. The van der Waals surface area contributed by atoms with Gasteiger partial charge >= 0.3 is 0 Å². The van der Waals surface area contributed by atoms with Gasteiger partial charge in [-0.15, -0.1) is 4.72 Å². The maximum Gasteiger partial charge on any atom is 0.198 e. The van der Waals surface area contributed by atoms with Crippen molar-refractivity contribution in [2.45, 2.75) is 23.4 Å². The number of nitrogens with one attached hydrogen (secondary N) is 2. The van der Waals surface area contributed by atoms with E-state index >= 15 is 0 Å². The minimum Gasteiger partial charge on any atom is -0.593 e. The maximum absolute atomic E-state index is 12.7. The normalized spacial score (nSPS) is 29.9. The van der Waals surface area contributed by atoms with Gasteiger partial charge in [0.15, 0.2) is 15.3 Å². The molecule has 2 atom stereocenters. The largest absolute Gasteiger partial charge is 0.593 e. The number of aromatic nitrogens is 1. The predicted octanol–water partition coefficient (Wildman–Crippen LogP) is 1.65. The molecule has 24 heavy (non-hydrogen) atoms. The van der Waals surface area contributed by atoms with Crippen molar-refractivity contribution < 1.29 is 8.76 Å². The molecule has 2 aliphatic heterocycles. The summed E-state index contributed by atoms with van der Waals surface area (Å²) in [5.41, 5.74) is 1.19. The zero-order chi connectivity index (χ0) is 16.6. The molecule has 0 radical (unpaired) electrons. The van der Waals surface area contributed by atoms with Crippen molar-refractivity contribution in [1.29, 1.82) is 0 Å². The number of hydrogen-bond acceptors (Lipinski definition) is 5. The molecule has 0 bridgehead atoms. The van der Waals surface area contributed by atoms with Crippen molar-refractivity contribution >= 4 is 16.1 Å². The van der Waals surface area contributed by atoms with Gasteiger partial charge in [0.1, 0.15) is 0 Å². The van der Waals surface area contributed by atoms with E-state index in [9.17, 15) is 8.76 Å². The van der Waals surface area contributed by atoms with Crippen molar-refractivity contribution in [3.05, 3.63) is 54.4 Å². The molecule has 0 aliphatic carbocycles. The van der Waals surface area contributed by atoms with Gasteiger partial charge in [-0.3, -0.25) is 9.88 Å². The lowest BCUT2D eigenvalue weighted by Gasteiger charge is -2.29. The Morgan fingerprint density at radius 3 is 2.92 bits per heavy atom. The van der Waals surface area contributed by atoms with Crippen LogP contribution in [0.15, 0.2) is 53.6 Å². The molecule has 2 aromatic rings. The van der Waals surface area contributed by atoms with Crippen LogP contribution in [0, 0.1) is 0 Å². The van der Waals surface area contributed by atoms with E-state index in [2.05, 4.69) is 19.9 Å². The van der Waals surface area contributed by atoms with Gasteiger partial charge in [0.2, 0.25) is 0 Å². The van der Waals surface area contributed by atoms with E-state index in [0.29, 0.717) is 23.7 Å². The molecule has 1 aromatic carbocycles. The Hall–Kier alpha value is -1.80. The van der Waals surface area contributed by atoms with Crippen LogP contribution in [0.5, 0.6) is 0 Å². The fourth-order valence-corrected chi connectivity index (χ4v) is 5.14. The lowest BCUT2D eigenvalue weighted by molar-refractivity contribution is 0.293. The van der Waals surface area contributed by atoms with Crippen LogP contribution in [0.1, 0.15) is 12.1 Å². The fourth-order valence-electron chi connectivity index (χ4n) is 3.53. The van der Waals surface area contributed by atoms with Crippen LogP contribution in [0.25, 0.3) is 0 Å². The topological polar surface area (TPSA) is 80.3 Å². The summed E-state index contributed by atoms with van der Waals surface area (Å²) in [6, 6.07) is 12.9. The molecule has 1 spiro atoms. The molecule has 1 aromatic heterocycles. The van der Waals surface area contributed by atoms with E-state index in [0.717, 1.165) is 25.2 Å². The summed E-state index contributed by atoms with van der Waals surface area (Å²) in [6.07, 6.45) is 2.56. The molecule has 3 heterocycles. The number of likely N-dealkylation sites (tertiary alicyclic amines) is 1. The third-order valence-electron chi connectivity index (χ3n) is 4.69. The zero-order valence-electron chi connectivity index (χ0n) is 13.3. The number of benzene rings is 1. The second-order valence-corrected chi connectivity index (χ2v) is 8.17. The standard InChI is InChI=1S/C17H20N4O2S/c22-24(23)16-7-2-1-6-15(16)19-12-17(20-24)8-10-21(13-17)11-14-5-3-4-9-18-14/h1-7,9,19H,8,10-13H2,(H-,20,22,23). The molecule has 2 aliphatic rings. The molecule has 126 valence electrons. The first-order chi connectivity index (χ1) is 11.6. The van der Waals surface area contributed by atoms with E-state index < -0.39 is 15.9 Å². The summed E-state index contributed by atoms with van der Waals surface area (Å²) in [4.78, 5) is 6.94. The predicted molar refractivity (Wildman–Crippen MR) is 92.0 cm³/mol. The molecule has 6 nitrogen and oxygen atoms in total. The number of fused-ring (bicyclic) bond motifs is 1. The molecule has 7 heteroatoms. The van der Waals surface area contributed by atoms with Gasteiger partial charge in [0.05, 0.1) is 16.9 Å². The van der Waals surface area contributed by atoms with Crippen LogP contribution in [-0.4, -0.2) is 39.6 Å². The molecule has 0 saturated carbocycles. The second-order valence-electron chi connectivity index (χ2n) is 6.52. The Labute approximate surface area is 142 Å². The van der Waals surface area contributed by atoms with Gasteiger partial charge in [-0.25, -0.2) is 0 Å². The smallest absolute Gasteiger partial charge is 0.198 e.